The number of fused-ring (bicyclic) bond motifs is 1. The highest BCUT2D eigenvalue weighted by Gasteiger charge is 2.32. The van der Waals surface area contributed by atoms with E-state index < -0.39 is 0 Å². The predicted molar refractivity (Wildman–Crippen MR) is 77.2 cm³/mol. The zero-order chi connectivity index (χ0) is 13.2. The van der Waals surface area contributed by atoms with Gasteiger partial charge in [0, 0.05) is 24.2 Å². The maximum Gasteiger partial charge on any atom is 0.230 e. The topological polar surface area (TPSA) is 32.3 Å². The molecule has 1 saturated carbocycles. The summed E-state index contributed by atoms with van der Waals surface area (Å²) in [6, 6.07) is 8.73. The first-order valence-corrected chi connectivity index (χ1v) is 7.39. The Hall–Kier alpha value is -1.35. The van der Waals surface area contributed by atoms with Gasteiger partial charge in [0.1, 0.15) is 0 Å². The number of nitrogens with one attached hydrogen (secondary N) is 1. The van der Waals surface area contributed by atoms with Crippen LogP contribution in [-0.4, -0.2) is 19.5 Å². The predicted octanol–water partition coefficient (Wildman–Crippen LogP) is 2.87. The van der Waals surface area contributed by atoms with Crippen LogP contribution in [0.25, 0.3) is 0 Å². The minimum atomic E-state index is 0.277. The van der Waals surface area contributed by atoms with Crippen molar-refractivity contribution in [3.8, 4) is 0 Å². The van der Waals surface area contributed by atoms with Crippen LogP contribution in [-0.2, 0) is 4.79 Å². The van der Waals surface area contributed by atoms with Gasteiger partial charge >= 0.3 is 0 Å². The van der Waals surface area contributed by atoms with Crippen molar-refractivity contribution in [1.82, 2.24) is 5.32 Å². The number of amides is 1. The van der Waals surface area contributed by atoms with Gasteiger partial charge in [-0.15, -0.1) is 0 Å². The molecule has 19 heavy (non-hydrogen) atoms. The van der Waals surface area contributed by atoms with Crippen LogP contribution in [0.5, 0.6) is 0 Å². The number of hydrogen-bond acceptors (Lipinski definition) is 2. The van der Waals surface area contributed by atoms with Gasteiger partial charge in [0.2, 0.25) is 5.91 Å². The second kappa shape index (κ2) is 5.33. The summed E-state index contributed by atoms with van der Waals surface area (Å²) in [5.41, 5.74) is 2.39. The fourth-order valence-corrected chi connectivity index (χ4v) is 3.16. The van der Waals surface area contributed by atoms with Crippen LogP contribution in [0.1, 0.15) is 43.7 Å². The highest BCUT2D eigenvalue weighted by Crippen LogP contribution is 2.36. The molecule has 3 heteroatoms. The Kier molecular flexibility index (Phi) is 3.56. The first kappa shape index (κ1) is 12.7. The number of rotatable bonds is 2. The van der Waals surface area contributed by atoms with Crippen LogP contribution in [0.15, 0.2) is 24.3 Å². The maximum atomic E-state index is 12.6. The van der Waals surface area contributed by atoms with Crippen molar-refractivity contribution in [2.24, 2.45) is 5.92 Å². The zero-order valence-electron chi connectivity index (χ0n) is 11.6. The average Bonchev–Trinajstić information content (AvgIpc) is 2.55. The molecule has 0 radical (unpaired) electrons. The van der Waals surface area contributed by atoms with Gasteiger partial charge in [-0.2, -0.15) is 0 Å². The first-order chi connectivity index (χ1) is 9.31. The molecule has 0 aromatic heterocycles. The van der Waals surface area contributed by atoms with Crippen molar-refractivity contribution < 1.29 is 4.79 Å². The number of para-hydroxylation sites is 1. The van der Waals surface area contributed by atoms with Gasteiger partial charge in [0.15, 0.2) is 0 Å². The summed E-state index contributed by atoms with van der Waals surface area (Å²) in [6.45, 7) is 0.866. The summed E-state index contributed by atoms with van der Waals surface area (Å²) >= 11 is 0. The fraction of sp³-hybridized carbons (Fsp3) is 0.562. The third kappa shape index (κ3) is 2.27. The van der Waals surface area contributed by atoms with Crippen LogP contribution < -0.4 is 10.2 Å². The van der Waals surface area contributed by atoms with E-state index in [4.69, 9.17) is 0 Å². The van der Waals surface area contributed by atoms with E-state index in [9.17, 15) is 4.79 Å². The van der Waals surface area contributed by atoms with Crippen molar-refractivity contribution >= 4 is 11.6 Å². The standard InChI is InChI=1S/C16H22N2O/c1-17-14-9-5-11-18(16(19)12-6-4-7-12)15-10-3-2-8-13(14)15/h2-3,8,10,12,14,17H,4-7,9,11H2,1H3. The minimum absolute atomic E-state index is 0.277. The minimum Gasteiger partial charge on any atom is -0.313 e. The number of nitrogens with zero attached hydrogens (tertiary/aromatic N) is 1. The number of benzene rings is 1. The average molecular weight is 258 g/mol. The molecule has 1 aromatic carbocycles. The molecule has 3 nitrogen and oxygen atoms in total. The number of carbonyl (C=O) groups excluding carboxylic acids is 1. The molecule has 1 aromatic rings. The second-order valence-corrected chi connectivity index (χ2v) is 5.66. The summed E-state index contributed by atoms with van der Waals surface area (Å²) in [4.78, 5) is 14.6. The Morgan fingerprint density at radius 2 is 2.00 bits per heavy atom. The third-order valence-corrected chi connectivity index (χ3v) is 4.55. The Balaban J connectivity index is 1.94. The van der Waals surface area contributed by atoms with Crippen LogP contribution in [0.4, 0.5) is 5.69 Å². The zero-order valence-corrected chi connectivity index (χ0v) is 11.6. The Labute approximate surface area is 115 Å². The van der Waals surface area contributed by atoms with Crippen molar-refractivity contribution in [2.75, 3.05) is 18.5 Å². The van der Waals surface area contributed by atoms with Gasteiger partial charge < -0.3 is 10.2 Å². The highest BCUT2D eigenvalue weighted by atomic mass is 16.2. The summed E-state index contributed by atoms with van der Waals surface area (Å²) in [6.07, 6.45) is 5.53. The molecule has 1 heterocycles. The Bertz CT molecular complexity index is 468. The van der Waals surface area contributed by atoms with Gasteiger partial charge in [0.25, 0.3) is 0 Å². The van der Waals surface area contributed by atoms with Crippen molar-refractivity contribution in [2.45, 2.75) is 38.1 Å². The fourth-order valence-electron chi connectivity index (χ4n) is 3.16. The summed E-state index contributed by atoms with van der Waals surface area (Å²) < 4.78 is 0. The molecule has 3 rings (SSSR count). The van der Waals surface area contributed by atoms with Crippen molar-refractivity contribution in [3.63, 3.8) is 0 Å². The van der Waals surface area contributed by atoms with Crippen molar-refractivity contribution in [3.05, 3.63) is 29.8 Å². The molecule has 1 fully saturated rings. The largest absolute Gasteiger partial charge is 0.313 e. The lowest BCUT2D eigenvalue weighted by Gasteiger charge is -2.32. The van der Waals surface area contributed by atoms with Crippen LogP contribution in [0.2, 0.25) is 0 Å². The maximum absolute atomic E-state index is 12.6. The summed E-state index contributed by atoms with van der Waals surface area (Å²) in [5, 5.41) is 3.38. The quantitative estimate of drug-likeness (QED) is 0.884. The van der Waals surface area contributed by atoms with Crippen LogP contribution >= 0.6 is 0 Å². The Morgan fingerprint density at radius 1 is 1.21 bits per heavy atom. The molecule has 2 aliphatic rings. The third-order valence-electron chi connectivity index (χ3n) is 4.55. The molecule has 1 unspecified atom stereocenters. The van der Waals surface area contributed by atoms with E-state index in [0.29, 0.717) is 11.9 Å². The lowest BCUT2D eigenvalue weighted by atomic mass is 9.84. The normalized spacial score (nSPS) is 23.4. The van der Waals surface area contributed by atoms with E-state index in [0.717, 1.165) is 37.9 Å². The number of hydrogen-bond donors (Lipinski definition) is 1. The molecule has 1 N–H and O–H groups in total. The number of anilines is 1. The van der Waals surface area contributed by atoms with Gasteiger partial charge in [-0.05, 0) is 44.4 Å². The van der Waals surface area contributed by atoms with E-state index in [2.05, 4.69) is 23.5 Å². The second-order valence-electron chi connectivity index (χ2n) is 5.66. The van der Waals surface area contributed by atoms with Gasteiger partial charge in [0.05, 0.1) is 0 Å². The summed E-state index contributed by atoms with van der Waals surface area (Å²) in [7, 11) is 2.00. The van der Waals surface area contributed by atoms with Gasteiger partial charge in [-0.3, -0.25) is 4.79 Å². The molecular weight excluding hydrogens is 236 g/mol. The van der Waals surface area contributed by atoms with E-state index in [-0.39, 0.29) is 5.92 Å². The van der Waals surface area contributed by atoms with Crippen LogP contribution in [0, 0.1) is 5.92 Å². The van der Waals surface area contributed by atoms with Crippen molar-refractivity contribution in [1.29, 1.82) is 0 Å². The smallest absolute Gasteiger partial charge is 0.230 e. The monoisotopic (exact) mass is 258 g/mol. The summed E-state index contributed by atoms with van der Waals surface area (Å²) in [5.74, 6) is 0.620. The number of carbonyl (C=O) groups is 1. The SMILES string of the molecule is CNC1CCCN(C(=O)C2CCC2)c2ccccc21. The van der Waals surface area contributed by atoms with E-state index in [1.807, 2.05) is 18.0 Å². The molecular formula is C16H22N2O. The molecule has 1 aliphatic carbocycles. The molecule has 0 saturated heterocycles. The molecule has 1 aliphatic heterocycles. The lowest BCUT2D eigenvalue weighted by molar-refractivity contribution is -0.124. The first-order valence-electron chi connectivity index (χ1n) is 7.39. The Morgan fingerprint density at radius 3 is 2.68 bits per heavy atom. The van der Waals surface area contributed by atoms with Gasteiger partial charge in [-0.1, -0.05) is 24.6 Å². The molecule has 1 atom stereocenters. The van der Waals surface area contributed by atoms with E-state index in [1.165, 1.54) is 12.0 Å². The lowest BCUT2D eigenvalue weighted by Crippen LogP contribution is -2.39. The molecule has 1 amide bonds. The van der Waals surface area contributed by atoms with Gasteiger partial charge in [-0.25, -0.2) is 0 Å². The molecule has 102 valence electrons. The van der Waals surface area contributed by atoms with E-state index >= 15 is 0 Å². The molecule has 0 spiro atoms. The van der Waals surface area contributed by atoms with E-state index in [1.54, 1.807) is 0 Å². The highest BCUT2D eigenvalue weighted by molar-refractivity contribution is 5.96. The van der Waals surface area contributed by atoms with Crippen LogP contribution in [0.3, 0.4) is 0 Å². The molecule has 0 bridgehead atoms.